The molecule has 2 heterocycles. The highest BCUT2D eigenvalue weighted by Crippen LogP contribution is 2.29. The number of hydrogen-bond acceptors (Lipinski definition) is 6. The van der Waals surface area contributed by atoms with Crippen LogP contribution in [0.3, 0.4) is 0 Å². The molecule has 2 amide bonds. The Balaban J connectivity index is 1.81. The maximum atomic E-state index is 12.8. The fourth-order valence-corrected chi connectivity index (χ4v) is 3.26. The third-order valence-electron chi connectivity index (χ3n) is 4.88. The van der Waals surface area contributed by atoms with Gasteiger partial charge < -0.3 is 20.1 Å². The maximum Gasteiger partial charge on any atom is 0.261 e. The van der Waals surface area contributed by atoms with Crippen molar-refractivity contribution in [3.63, 3.8) is 0 Å². The summed E-state index contributed by atoms with van der Waals surface area (Å²) in [5.41, 5.74) is 5.44. The molecule has 0 unspecified atom stereocenters. The van der Waals surface area contributed by atoms with Gasteiger partial charge in [-0.15, -0.1) is 0 Å². The van der Waals surface area contributed by atoms with Gasteiger partial charge >= 0.3 is 0 Å². The minimum atomic E-state index is -0.332. The van der Waals surface area contributed by atoms with Gasteiger partial charge in [-0.25, -0.2) is 4.98 Å². The number of nitrogens with two attached hydrogens (primary N) is 1. The summed E-state index contributed by atoms with van der Waals surface area (Å²) in [5, 5.41) is 0.343. The van der Waals surface area contributed by atoms with E-state index in [-0.39, 0.29) is 29.8 Å². The van der Waals surface area contributed by atoms with Gasteiger partial charge in [0.05, 0.1) is 31.4 Å². The molecule has 1 aromatic carbocycles. The van der Waals surface area contributed by atoms with Gasteiger partial charge in [0.25, 0.3) is 5.56 Å². The van der Waals surface area contributed by atoms with Crippen molar-refractivity contribution in [1.82, 2.24) is 14.5 Å². The highest BCUT2D eigenvalue weighted by Gasteiger charge is 2.26. The number of rotatable bonds is 5. The summed E-state index contributed by atoms with van der Waals surface area (Å²) in [5.74, 6) is 0.175. The van der Waals surface area contributed by atoms with Crippen LogP contribution in [0.1, 0.15) is 12.8 Å². The van der Waals surface area contributed by atoms with E-state index in [0.717, 1.165) is 0 Å². The van der Waals surface area contributed by atoms with Crippen LogP contribution < -0.4 is 20.8 Å². The van der Waals surface area contributed by atoms with Crippen molar-refractivity contribution < 1.29 is 19.1 Å². The van der Waals surface area contributed by atoms with Crippen molar-refractivity contribution in [2.24, 2.45) is 11.7 Å². The fourth-order valence-electron chi connectivity index (χ4n) is 3.26. The number of ether oxygens (including phenoxy) is 2. The van der Waals surface area contributed by atoms with E-state index in [4.69, 9.17) is 15.2 Å². The van der Waals surface area contributed by atoms with Crippen LogP contribution >= 0.6 is 0 Å². The van der Waals surface area contributed by atoms with Crippen LogP contribution in [0.2, 0.25) is 0 Å². The lowest BCUT2D eigenvalue weighted by Gasteiger charge is -2.30. The molecule has 9 heteroatoms. The molecule has 2 N–H and O–H groups in total. The number of benzene rings is 1. The second-order valence-corrected chi connectivity index (χ2v) is 6.46. The summed E-state index contributed by atoms with van der Waals surface area (Å²) in [6.45, 7) is 0.789. The molecule has 0 bridgehead atoms. The number of nitrogens with zero attached hydrogens (tertiary/aromatic N) is 3. The Labute approximate surface area is 155 Å². The zero-order valence-electron chi connectivity index (χ0n) is 15.3. The van der Waals surface area contributed by atoms with Gasteiger partial charge in [-0.05, 0) is 18.9 Å². The number of hydrogen-bond donors (Lipinski definition) is 1. The molecule has 9 nitrogen and oxygen atoms in total. The molecule has 0 saturated carbocycles. The highest BCUT2D eigenvalue weighted by atomic mass is 16.5. The molecule has 0 radical (unpaired) electrons. The zero-order valence-corrected chi connectivity index (χ0v) is 15.3. The third-order valence-corrected chi connectivity index (χ3v) is 4.88. The van der Waals surface area contributed by atoms with E-state index in [9.17, 15) is 14.4 Å². The number of carbonyl (C=O) groups is 2. The van der Waals surface area contributed by atoms with Crippen molar-refractivity contribution in [1.29, 1.82) is 0 Å². The summed E-state index contributed by atoms with van der Waals surface area (Å²) in [6.07, 6.45) is 2.44. The van der Waals surface area contributed by atoms with Gasteiger partial charge in [-0.3, -0.25) is 19.0 Å². The van der Waals surface area contributed by atoms with Crippen LogP contribution in [0.15, 0.2) is 23.3 Å². The molecule has 1 aromatic heterocycles. The molecule has 27 heavy (non-hydrogen) atoms. The average Bonchev–Trinajstić information content (AvgIpc) is 2.69. The molecular weight excluding hydrogens is 352 g/mol. The number of aromatic nitrogens is 2. The van der Waals surface area contributed by atoms with Crippen LogP contribution in [0.25, 0.3) is 10.9 Å². The van der Waals surface area contributed by atoms with Crippen molar-refractivity contribution in [3.8, 4) is 11.5 Å². The summed E-state index contributed by atoms with van der Waals surface area (Å²) in [6, 6.07) is 3.18. The molecule has 0 spiro atoms. The monoisotopic (exact) mass is 374 g/mol. The first-order valence-electron chi connectivity index (χ1n) is 8.63. The van der Waals surface area contributed by atoms with E-state index in [1.165, 1.54) is 25.1 Å². The average molecular weight is 374 g/mol. The Hall–Kier alpha value is -3.10. The Morgan fingerprint density at radius 1 is 1.19 bits per heavy atom. The number of methoxy groups -OCH3 is 2. The second-order valence-electron chi connectivity index (χ2n) is 6.46. The summed E-state index contributed by atoms with van der Waals surface area (Å²) < 4.78 is 11.7. The van der Waals surface area contributed by atoms with Crippen molar-refractivity contribution in [2.45, 2.75) is 19.4 Å². The zero-order chi connectivity index (χ0) is 19.6. The smallest absolute Gasteiger partial charge is 0.261 e. The van der Waals surface area contributed by atoms with Gasteiger partial charge in [0.2, 0.25) is 11.8 Å². The quantitative estimate of drug-likeness (QED) is 0.795. The molecule has 1 aliphatic heterocycles. The highest BCUT2D eigenvalue weighted by molar-refractivity contribution is 5.82. The first-order valence-corrected chi connectivity index (χ1v) is 8.63. The number of amides is 2. The first kappa shape index (κ1) is 18.7. The van der Waals surface area contributed by atoms with Crippen LogP contribution in [0.5, 0.6) is 11.5 Å². The molecule has 0 atom stereocenters. The number of likely N-dealkylation sites (tertiary alicyclic amines) is 1. The van der Waals surface area contributed by atoms with Gasteiger partial charge in [-0.2, -0.15) is 0 Å². The van der Waals surface area contributed by atoms with Crippen molar-refractivity contribution >= 4 is 22.7 Å². The normalized spacial score (nSPS) is 15.0. The summed E-state index contributed by atoms with van der Waals surface area (Å²) in [7, 11) is 2.99. The van der Waals surface area contributed by atoms with Gasteiger partial charge in [0.15, 0.2) is 11.5 Å². The van der Waals surface area contributed by atoms with Gasteiger partial charge in [0.1, 0.15) is 6.54 Å². The Kier molecular flexibility index (Phi) is 5.29. The van der Waals surface area contributed by atoms with E-state index in [1.807, 2.05) is 0 Å². The summed E-state index contributed by atoms with van der Waals surface area (Å²) in [4.78, 5) is 42.4. The Bertz CT molecular complexity index is 931. The number of fused-ring (bicyclic) bond motifs is 1. The standard InChI is InChI=1S/C18H22N4O5/c1-26-14-7-12-13(8-15(14)27-2)20-10-22(18(12)25)9-16(23)21-5-3-11(4-6-21)17(19)24/h7-8,10-11H,3-6,9H2,1-2H3,(H2,19,24). The minimum absolute atomic E-state index is 0.114. The van der Waals surface area contributed by atoms with E-state index < -0.39 is 0 Å². The minimum Gasteiger partial charge on any atom is -0.493 e. The van der Waals surface area contributed by atoms with E-state index >= 15 is 0 Å². The fraction of sp³-hybridized carbons (Fsp3) is 0.444. The van der Waals surface area contributed by atoms with Crippen molar-refractivity contribution in [3.05, 3.63) is 28.8 Å². The molecule has 2 aromatic rings. The molecule has 1 saturated heterocycles. The van der Waals surface area contributed by atoms with E-state index in [1.54, 1.807) is 17.0 Å². The SMILES string of the molecule is COc1cc2ncn(CC(=O)N3CCC(C(N)=O)CC3)c(=O)c2cc1OC. The lowest BCUT2D eigenvalue weighted by molar-refractivity contribution is -0.135. The molecular formula is C18H22N4O5. The maximum absolute atomic E-state index is 12.8. The number of carbonyl (C=O) groups excluding carboxylic acids is 2. The lowest BCUT2D eigenvalue weighted by atomic mass is 9.96. The Morgan fingerprint density at radius 2 is 1.81 bits per heavy atom. The lowest BCUT2D eigenvalue weighted by Crippen LogP contribution is -2.43. The molecule has 144 valence electrons. The van der Waals surface area contributed by atoms with Crippen LogP contribution in [-0.2, 0) is 16.1 Å². The molecule has 1 fully saturated rings. The van der Waals surface area contributed by atoms with Crippen molar-refractivity contribution in [2.75, 3.05) is 27.3 Å². The van der Waals surface area contributed by atoms with Crippen LogP contribution in [0.4, 0.5) is 0 Å². The number of primary amides is 1. The largest absolute Gasteiger partial charge is 0.493 e. The summed E-state index contributed by atoms with van der Waals surface area (Å²) >= 11 is 0. The molecule has 0 aliphatic carbocycles. The number of piperidine rings is 1. The van der Waals surface area contributed by atoms with E-state index in [0.29, 0.717) is 48.3 Å². The van der Waals surface area contributed by atoms with Gasteiger partial charge in [0, 0.05) is 25.1 Å². The van der Waals surface area contributed by atoms with Crippen LogP contribution in [-0.4, -0.2) is 53.6 Å². The first-order chi connectivity index (χ1) is 12.9. The van der Waals surface area contributed by atoms with E-state index in [2.05, 4.69) is 4.98 Å². The predicted octanol–water partition coefficient (Wildman–Crippen LogP) is 0.138. The Morgan fingerprint density at radius 3 is 2.41 bits per heavy atom. The topological polar surface area (TPSA) is 117 Å². The molecule has 1 aliphatic rings. The third kappa shape index (κ3) is 3.71. The van der Waals surface area contributed by atoms with Crippen LogP contribution in [0, 0.1) is 5.92 Å². The predicted molar refractivity (Wildman–Crippen MR) is 97.6 cm³/mol. The second kappa shape index (κ2) is 7.65. The molecule has 3 rings (SSSR count). The van der Waals surface area contributed by atoms with Gasteiger partial charge in [-0.1, -0.05) is 0 Å².